The van der Waals surface area contributed by atoms with Gasteiger partial charge in [-0.2, -0.15) is 5.26 Å². The highest BCUT2D eigenvalue weighted by molar-refractivity contribution is 6.29. The first kappa shape index (κ1) is 6.97. The molecule has 4 heteroatoms. The van der Waals surface area contributed by atoms with Gasteiger partial charge >= 0.3 is 0 Å². The molecule has 0 spiro atoms. The van der Waals surface area contributed by atoms with Crippen molar-refractivity contribution >= 4 is 11.6 Å². The van der Waals surface area contributed by atoms with Gasteiger partial charge in [-0.3, -0.25) is 4.98 Å². The third-order valence-electron chi connectivity index (χ3n) is 0.915. The molecule has 0 aliphatic carbocycles. The van der Waals surface area contributed by atoms with Crippen LogP contribution >= 0.6 is 11.6 Å². The van der Waals surface area contributed by atoms with E-state index in [4.69, 9.17) is 16.9 Å². The second kappa shape index (κ2) is 3.14. The number of rotatable bonds is 1. The fourth-order valence-corrected chi connectivity index (χ4v) is 0.711. The van der Waals surface area contributed by atoms with E-state index in [0.29, 0.717) is 10.8 Å². The molecule has 0 amide bonds. The van der Waals surface area contributed by atoms with Crippen LogP contribution in [0.5, 0.6) is 0 Å². The van der Waals surface area contributed by atoms with E-state index in [2.05, 4.69) is 9.97 Å². The number of halogens is 1. The Balaban J connectivity index is 2.87. The van der Waals surface area contributed by atoms with E-state index in [1.165, 1.54) is 12.4 Å². The van der Waals surface area contributed by atoms with E-state index in [9.17, 15) is 0 Å². The minimum absolute atomic E-state index is 0.257. The van der Waals surface area contributed by atoms with E-state index in [1.807, 2.05) is 6.07 Å². The third kappa shape index (κ3) is 1.67. The van der Waals surface area contributed by atoms with Crippen molar-refractivity contribution in [1.29, 1.82) is 5.26 Å². The van der Waals surface area contributed by atoms with Gasteiger partial charge in [0.2, 0.25) is 0 Å². The van der Waals surface area contributed by atoms with Gasteiger partial charge in [0.1, 0.15) is 5.15 Å². The summed E-state index contributed by atoms with van der Waals surface area (Å²) < 4.78 is 0. The summed E-state index contributed by atoms with van der Waals surface area (Å²) in [4.78, 5) is 7.60. The molecule has 1 heterocycles. The fraction of sp³-hybridized carbons (Fsp3) is 0.167. The van der Waals surface area contributed by atoms with Gasteiger partial charge in [-0.15, -0.1) is 0 Å². The molecule has 0 saturated carbocycles. The average Bonchev–Trinajstić information content (AvgIpc) is 1.88. The maximum absolute atomic E-state index is 8.25. The molecule has 0 N–H and O–H groups in total. The number of hydrogen-bond acceptors (Lipinski definition) is 3. The lowest BCUT2D eigenvalue weighted by atomic mass is 10.3. The van der Waals surface area contributed by atoms with E-state index in [-0.39, 0.29) is 6.42 Å². The van der Waals surface area contributed by atoms with E-state index >= 15 is 0 Å². The van der Waals surface area contributed by atoms with Crippen LogP contribution in [0.3, 0.4) is 0 Å². The van der Waals surface area contributed by atoms with E-state index in [0.717, 1.165) is 0 Å². The minimum atomic E-state index is 0.257. The Morgan fingerprint density at radius 3 is 3.00 bits per heavy atom. The second-order valence-corrected chi connectivity index (χ2v) is 2.06. The first-order valence-electron chi connectivity index (χ1n) is 2.66. The van der Waals surface area contributed by atoms with Gasteiger partial charge < -0.3 is 0 Å². The van der Waals surface area contributed by atoms with Crippen molar-refractivity contribution < 1.29 is 0 Å². The van der Waals surface area contributed by atoms with E-state index in [1.54, 1.807) is 0 Å². The molecule has 0 bridgehead atoms. The average molecular weight is 154 g/mol. The lowest BCUT2D eigenvalue weighted by Crippen LogP contribution is -1.88. The molecule has 0 fully saturated rings. The van der Waals surface area contributed by atoms with Crippen molar-refractivity contribution in [1.82, 2.24) is 9.97 Å². The molecule has 0 aliphatic rings. The Morgan fingerprint density at radius 1 is 1.60 bits per heavy atom. The van der Waals surface area contributed by atoms with Crippen molar-refractivity contribution in [2.45, 2.75) is 6.42 Å². The van der Waals surface area contributed by atoms with Crippen LogP contribution in [-0.4, -0.2) is 9.97 Å². The maximum Gasteiger partial charge on any atom is 0.147 e. The van der Waals surface area contributed by atoms with Crippen LogP contribution in [-0.2, 0) is 6.42 Å². The standard InChI is InChI=1S/C6H4ClN3/c7-6-4-9-3-5(10-6)1-2-8/h3-4H,1H2. The molecule has 50 valence electrons. The Morgan fingerprint density at radius 2 is 2.40 bits per heavy atom. The predicted octanol–water partition coefficient (Wildman–Crippen LogP) is 1.20. The summed E-state index contributed by atoms with van der Waals surface area (Å²) in [5.41, 5.74) is 0.606. The molecule has 1 aromatic rings. The molecular weight excluding hydrogens is 150 g/mol. The summed E-state index contributed by atoms with van der Waals surface area (Å²) in [5.74, 6) is 0. The fourth-order valence-electron chi connectivity index (χ4n) is 0.546. The van der Waals surface area contributed by atoms with Crippen molar-refractivity contribution in [3.8, 4) is 6.07 Å². The molecule has 0 radical (unpaired) electrons. The topological polar surface area (TPSA) is 49.6 Å². The molecular formula is C6H4ClN3. The maximum atomic E-state index is 8.25. The molecule has 0 atom stereocenters. The zero-order chi connectivity index (χ0) is 7.40. The Kier molecular flexibility index (Phi) is 2.19. The highest BCUT2D eigenvalue weighted by atomic mass is 35.5. The molecule has 1 aromatic heterocycles. The van der Waals surface area contributed by atoms with Crippen LogP contribution in [0, 0.1) is 11.3 Å². The normalized spacial score (nSPS) is 8.80. The molecule has 3 nitrogen and oxygen atoms in total. The second-order valence-electron chi connectivity index (χ2n) is 1.67. The number of nitriles is 1. The Labute approximate surface area is 63.3 Å². The summed E-state index contributed by atoms with van der Waals surface area (Å²) in [6.07, 6.45) is 3.21. The molecule has 0 aromatic carbocycles. The Hall–Kier alpha value is -1.14. The van der Waals surface area contributed by atoms with Crippen molar-refractivity contribution in [3.63, 3.8) is 0 Å². The van der Waals surface area contributed by atoms with Gasteiger partial charge in [0.05, 0.1) is 24.4 Å². The molecule has 0 saturated heterocycles. The van der Waals surface area contributed by atoms with Crippen LogP contribution in [0.25, 0.3) is 0 Å². The smallest absolute Gasteiger partial charge is 0.147 e. The summed E-state index contributed by atoms with van der Waals surface area (Å²) in [6, 6.07) is 1.95. The molecule has 10 heavy (non-hydrogen) atoms. The van der Waals surface area contributed by atoms with Crippen LogP contribution in [0.15, 0.2) is 12.4 Å². The molecule has 0 aliphatic heterocycles. The quantitative estimate of drug-likeness (QED) is 0.609. The number of hydrogen-bond donors (Lipinski definition) is 0. The predicted molar refractivity (Wildman–Crippen MR) is 36.4 cm³/mol. The lowest BCUT2D eigenvalue weighted by molar-refractivity contribution is 1.06. The van der Waals surface area contributed by atoms with Crippen LogP contribution < -0.4 is 0 Å². The van der Waals surface area contributed by atoms with E-state index < -0.39 is 0 Å². The van der Waals surface area contributed by atoms with Gasteiger partial charge in [-0.25, -0.2) is 4.98 Å². The zero-order valence-electron chi connectivity index (χ0n) is 5.08. The van der Waals surface area contributed by atoms with Crippen LogP contribution in [0.1, 0.15) is 5.69 Å². The van der Waals surface area contributed by atoms with Gasteiger partial charge in [0.25, 0.3) is 0 Å². The number of aromatic nitrogens is 2. The summed E-state index contributed by atoms with van der Waals surface area (Å²) in [6.45, 7) is 0. The Bertz CT molecular complexity index is 266. The highest BCUT2D eigenvalue weighted by Crippen LogP contribution is 2.01. The zero-order valence-corrected chi connectivity index (χ0v) is 5.84. The summed E-state index contributed by atoms with van der Waals surface area (Å²) >= 11 is 5.50. The first-order chi connectivity index (χ1) is 4.83. The van der Waals surface area contributed by atoms with Gasteiger partial charge in [-0.1, -0.05) is 11.6 Å². The van der Waals surface area contributed by atoms with Gasteiger partial charge in [-0.05, 0) is 0 Å². The molecule has 1 rings (SSSR count). The lowest BCUT2D eigenvalue weighted by Gasteiger charge is -1.90. The van der Waals surface area contributed by atoms with Crippen LogP contribution in [0.2, 0.25) is 5.15 Å². The summed E-state index contributed by atoms with van der Waals surface area (Å²) in [7, 11) is 0. The van der Waals surface area contributed by atoms with Crippen molar-refractivity contribution in [2.75, 3.05) is 0 Å². The van der Waals surface area contributed by atoms with Crippen molar-refractivity contribution in [2.24, 2.45) is 0 Å². The molecule has 0 unspecified atom stereocenters. The SMILES string of the molecule is N#CCc1cncc(Cl)n1. The van der Waals surface area contributed by atoms with Crippen LogP contribution in [0.4, 0.5) is 0 Å². The first-order valence-corrected chi connectivity index (χ1v) is 3.04. The highest BCUT2D eigenvalue weighted by Gasteiger charge is 1.93. The van der Waals surface area contributed by atoms with Gasteiger partial charge in [0.15, 0.2) is 0 Å². The van der Waals surface area contributed by atoms with Crippen molar-refractivity contribution in [3.05, 3.63) is 23.2 Å². The minimum Gasteiger partial charge on any atom is -0.260 e. The summed E-state index contributed by atoms with van der Waals surface area (Å²) in [5, 5.41) is 8.58. The number of nitrogens with zero attached hydrogens (tertiary/aromatic N) is 3. The monoisotopic (exact) mass is 153 g/mol. The third-order valence-corrected chi connectivity index (χ3v) is 1.10. The van der Waals surface area contributed by atoms with Gasteiger partial charge in [0, 0.05) is 6.20 Å². The largest absolute Gasteiger partial charge is 0.260 e.